The number of rotatable bonds is 5. The van der Waals surface area contributed by atoms with E-state index in [9.17, 15) is 9.59 Å². The van der Waals surface area contributed by atoms with Crippen LogP contribution in [0.25, 0.3) is 0 Å². The van der Waals surface area contributed by atoms with Crippen LogP contribution in [0.4, 0.5) is 0 Å². The molecule has 1 rings (SSSR count). The van der Waals surface area contributed by atoms with Crippen LogP contribution in [0.15, 0.2) is 0 Å². The Balaban J connectivity index is 2.33. The van der Waals surface area contributed by atoms with Crippen LogP contribution in [0.5, 0.6) is 0 Å². The molecule has 1 aliphatic rings. The zero-order valence-electron chi connectivity index (χ0n) is 9.31. The highest BCUT2D eigenvalue weighted by Crippen LogP contribution is 2.25. The Bertz CT molecular complexity index is 270. The van der Waals surface area contributed by atoms with E-state index in [0.717, 1.165) is 0 Å². The van der Waals surface area contributed by atoms with Crippen LogP contribution < -0.4 is 11.1 Å². The quantitative estimate of drug-likeness (QED) is 0.581. The third-order valence-electron chi connectivity index (χ3n) is 2.81. The number of carboxylic acids is 1. The van der Waals surface area contributed by atoms with Gasteiger partial charge in [0, 0.05) is 13.2 Å². The van der Waals surface area contributed by atoms with Crippen molar-refractivity contribution in [1.82, 2.24) is 5.32 Å². The first kappa shape index (κ1) is 12.9. The lowest BCUT2D eigenvalue weighted by Crippen LogP contribution is -2.46. The molecule has 1 fully saturated rings. The van der Waals surface area contributed by atoms with Gasteiger partial charge in [0.15, 0.2) is 0 Å². The van der Waals surface area contributed by atoms with Crippen molar-refractivity contribution in [3.63, 3.8) is 0 Å². The fraction of sp³-hybridized carbons (Fsp3) is 0.800. The van der Waals surface area contributed by atoms with Gasteiger partial charge in [0.2, 0.25) is 5.91 Å². The van der Waals surface area contributed by atoms with Gasteiger partial charge in [-0.1, -0.05) is 0 Å². The molecule has 4 N–H and O–H groups in total. The smallest absolute Gasteiger partial charge is 0.306 e. The van der Waals surface area contributed by atoms with Crippen molar-refractivity contribution in [2.24, 2.45) is 11.7 Å². The van der Waals surface area contributed by atoms with E-state index in [1.54, 1.807) is 0 Å². The molecule has 0 aromatic rings. The van der Waals surface area contributed by atoms with E-state index in [4.69, 9.17) is 15.6 Å². The van der Waals surface area contributed by atoms with Gasteiger partial charge in [0.05, 0.1) is 12.5 Å². The lowest BCUT2D eigenvalue weighted by Gasteiger charge is -2.16. The fourth-order valence-electron chi connectivity index (χ4n) is 1.90. The number of carbonyl (C=O) groups excluding carboxylic acids is 1. The summed E-state index contributed by atoms with van der Waals surface area (Å²) in [5.41, 5.74) is 5.55. The molecule has 0 aromatic heterocycles. The van der Waals surface area contributed by atoms with Crippen LogP contribution in [-0.4, -0.2) is 42.8 Å². The largest absolute Gasteiger partial charge is 0.481 e. The molecule has 0 heterocycles. The van der Waals surface area contributed by atoms with E-state index in [-0.39, 0.29) is 24.5 Å². The molecule has 6 heteroatoms. The van der Waals surface area contributed by atoms with Gasteiger partial charge in [0.1, 0.15) is 6.04 Å². The first-order chi connectivity index (χ1) is 7.54. The highest BCUT2D eigenvalue weighted by atomic mass is 16.5. The lowest BCUT2D eigenvalue weighted by atomic mass is 10.1. The number of carbonyl (C=O) groups is 2. The van der Waals surface area contributed by atoms with Crippen molar-refractivity contribution in [2.75, 3.05) is 13.7 Å². The number of hydrogen-bond donors (Lipinski definition) is 3. The molecule has 1 aliphatic carbocycles. The minimum absolute atomic E-state index is 0.0727. The highest BCUT2D eigenvalue weighted by molar-refractivity contribution is 5.82. The van der Waals surface area contributed by atoms with Crippen LogP contribution in [-0.2, 0) is 14.3 Å². The summed E-state index contributed by atoms with van der Waals surface area (Å²) in [5, 5.41) is 11.5. The molecular formula is C10H18N2O4. The van der Waals surface area contributed by atoms with Crippen LogP contribution in [0.1, 0.15) is 19.3 Å². The standard InChI is InChI=1S/C10H18N2O4/c1-16-5-8(11)9(13)12-7-3-2-6(4-7)10(14)15/h6-8H,2-5,11H2,1H3,(H,12,13)(H,14,15). The molecule has 16 heavy (non-hydrogen) atoms. The van der Waals surface area contributed by atoms with Crippen LogP contribution in [0, 0.1) is 5.92 Å². The Hall–Kier alpha value is -1.14. The molecule has 0 bridgehead atoms. The van der Waals surface area contributed by atoms with Crippen molar-refractivity contribution in [3.05, 3.63) is 0 Å². The number of hydrogen-bond acceptors (Lipinski definition) is 4. The average molecular weight is 230 g/mol. The monoisotopic (exact) mass is 230 g/mol. The predicted molar refractivity (Wildman–Crippen MR) is 56.8 cm³/mol. The van der Waals surface area contributed by atoms with Gasteiger partial charge in [-0.15, -0.1) is 0 Å². The normalized spacial score (nSPS) is 26.4. The molecule has 0 spiro atoms. The van der Waals surface area contributed by atoms with E-state index in [1.807, 2.05) is 0 Å². The van der Waals surface area contributed by atoms with Gasteiger partial charge in [-0.25, -0.2) is 0 Å². The maximum Gasteiger partial charge on any atom is 0.306 e. The van der Waals surface area contributed by atoms with Crippen molar-refractivity contribution >= 4 is 11.9 Å². The second-order valence-corrected chi connectivity index (χ2v) is 4.12. The van der Waals surface area contributed by atoms with Gasteiger partial charge in [-0.3, -0.25) is 9.59 Å². The lowest BCUT2D eigenvalue weighted by molar-refractivity contribution is -0.141. The van der Waals surface area contributed by atoms with E-state index in [1.165, 1.54) is 7.11 Å². The third kappa shape index (κ3) is 3.46. The molecule has 1 amide bonds. The fourth-order valence-corrected chi connectivity index (χ4v) is 1.90. The van der Waals surface area contributed by atoms with Gasteiger partial charge >= 0.3 is 5.97 Å². The van der Waals surface area contributed by atoms with Crippen molar-refractivity contribution < 1.29 is 19.4 Å². The van der Waals surface area contributed by atoms with Crippen molar-refractivity contribution in [1.29, 1.82) is 0 Å². The molecule has 0 aromatic carbocycles. The number of amides is 1. The molecule has 6 nitrogen and oxygen atoms in total. The molecular weight excluding hydrogens is 212 g/mol. The number of ether oxygens (including phenoxy) is 1. The van der Waals surface area contributed by atoms with Gasteiger partial charge in [0.25, 0.3) is 0 Å². The van der Waals surface area contributed by atoms with Crippen molar-refractivity contribution in [3.8, 4) is 0 Å². The van der Waals surface area contributed by atoms with Gasteiger partial charge in [-0.2, -0.15) is 0 Å². The topological polar surface area (TPSA) is 102 Å². The summed E-state index contributed by atoms with van der Waals surface area (Å²) >= 11 is 0. The minimum Gasteiger partial charge on any atom is -0.481 e. The summed E-state index contributed by atoms with van der Waals surface area (Å²) in [4.78, 5) is 22.2. The zero-order chi connectivity index (χ0) is 12.1. The number of aliphatic carboxylic acids is 1. The predicted octanol–water partition coefficient (Wildman–Crippen LogP) is -0.670. The second kappa shape index (κ2) is 5.81. The van der Waals surface area contributed by atoms with Gasteiger partial charge < -0.3 is 20.9 Å². The SMILES string of the molecule is COCC(N)C(=O)NC1CCC(C(=O)O)C1. The summed E-state index contributed by atoms with van der Waals surface area (Å²) < 4.78 is 4.77. The maximum absolute atomic E-state index is 11.5. The molecule has 0 aliphatic heterocycles. The number of nitrogens with two attached hydrogens (primary N) is 1. The van der Waals surface area contributed by atoms with Crippen LogP contribution in [0.2, 0.25) is 0 Å². The highest BCUT2D eigenvalue weighted by Gasteiger charge is 2.31. The molecule has 0 radical (unpaired) electrons. The first-order valence-electron chi connectivity index (χ1n) is 5.32. The number of nitrogens with one attached hydrogen (secondary N) is 1. The molecule has 1 saturated carbocycles. The van der Waals surface area contributed by atoms with E-state index in [0.29, 0.717) is 19.3 Å². The first-order valence-corrected chi connectivity index (χ1v) is 5.32. The Morgan fingerprint density at radius 3 is 2.75 bits per heavy atom. The summed E-state index contributed by atoms with van der Waals surface area (Å²) in [5.74, 6) is -1.42. The zero-order valence-corrected chi connectivity index (χ0v) is 9.31. The van der Waals surface area contributed by atoms with Crippen LogP contribution in [0.3, 0.4) is 0 Å². The van der Waals surface area contributed by atoms with Gasteiger partial charge in [-0.05, 0) is 19.3 Å². The molecule has 92 valence electrons. The summed E-state index contributed by atoms with van der Waals surface area (Å²) in [6.45, 7) is 0.168. The summed E-state index contributed by atoms with van der Waals surface area (Å²) in [6.07, 6.45) is 1.79. The average Bonchev–Trinajstić information content (AvgIpc) is 2.66. The summed E-state index contributed by atoms with van der Waals surface area (Å²) in [7, 11) is 1.48. The molecule has 0 saturated heterocycles. The Morgan fingerprint density at radius 2 is 2.25 bits per heavy atom. The Morgan fingerprint density at radius 1 is 1.56 bits per heavy atom. The molecule has 3 unspecified atom stereocenters. The van der Waals surface area contributed by atoms with Crippen molar-refractivity contribution in [2.45, 2.75) is 31.3 Å². The van der Waals surface area contributed by atoms with E-state index >= 15 is 0 Å². The second-order valence-electron chi connectivity index (χ2n) is 4.12. The summed E-state index contributed by atoms with van der Waals surface area (Å²) in [6, 6.07) is -0.759. The third-order valence-corrected chi connectivity index (χ3v) is 2.81. The van der Waals surface area contributed by atoms with E-state index in [2.05, 4.69) is 5.32 Å². The molecule has 3 atom stereocenters. The number of methoxy groups -OCH3 is 1. The van der Waals surface area contributed by atoms with Crippen LogP contribution >= 0.6 is 0 Å². The minimum atomic E-state index is -0.794. The Labute approximate surface area is 94.1 Å². The maximum atomic E-state index is 11.5. The van der Waals surface area contributed by atoms with E-state index < -0.39 is 12.0 Å². The Kier molecular flexibility index (Phi) is 4.70. The number of carboxylic acid groups (broad SMARTS) is 1.